The molecule has 9 heavy (non-hydrogen) atoms. The zero-order valence-corrected chi connectivity index (χ0v) is 6.92. The fourth-order valence-corrected chi connectivity index (χ4v) is 0.848. The molecule has 0 aliphatic rings. The van der Waals surface area contributed by atoms with Crippen molar-refractivity contribution in [3.63, 3.8) is 0 Å². The molecule has 0 aliphatic carbocycles. The standard InChI is InChI=1S/C6H13NOS/c1-5(2)7-6(9)4-8-3/h5H,4H2,1-3H3,(H,7,9). The first kappa shape index (κ1) is 8.85. The van der Waals surface area contributed by atoms with E-state index in [9.17, 15) is 0 Å². The van der Waals surface area contributed by atoms with Crippen LogP contribution in [0.3, 0.4) is 0 Å². The Labute approximate surface area is 61.6 Å². The number of methoxy groups -OCH3 is 1. The SMILES string of the molecule is COCC(=S)NC(C)C. The zero-order chi connectivity index (χ0) is 7.28. The Hall–Kier alpha value is -0.150. The Morgan fingerprint density at radius 3 is 2.56 bits per heavy atom. The molecule has 0 bridgehead atoms. The predicted octanol–water partition coefficient (Wildman–Crippen LogP) is 0.958. The Morgan fingerprint density at radius 2 is 2.22 bits per heavy atom. The van der Waals surface area contributed by atoms with E-state index in [4.69, 9.17) is 17.0 Å². The summed E-state index contributed by atoms with van der Waals surface area (Å²) in [6.07, 6.45) is 0. The number of hydrogen-bond donors (Lipinski definition) is 1. The molecule has 2 nitrogen and oxygen atoms in total. The summed E-state index contributed by atoms with van der Waals surface area (Å²) in [4.78, 5) is 0.771. The van der Waals surface area contributed by atoms with Gasteiger partial charge in [-0.05, 0) is 13.8 Å². The van der Waals surface area contributed by atoms with E-state index in [2.05, 4.69) is 5.32 Å². The smallest absolute Gasteiger partial charge is 0.102 e. The van der Waals surface area contributed by atoms with E-state index in [-0.39, 0.29) is 0 Å². The quantitative estimate of drug-likeness (QED) is 0.601. The van der Waals surface area contributed by atoms with Gasteiger partial charge in [0.05, 0.1) is 6.61 Å². The molecule has 0 radical (unpaired) electrons. The van der Waals surface area contributed by atoms with Crippen LogP contribution < -0.4 is 5.32 Å². The van der Waals surface area contributed by atoms with Gasteiger partial charge in [0.15, 0.2) is 0 Å². The second kappa shape index (κ2) is 4.70. The largest absolute Gasteiger partial charge is 0.378 e. The van der Waals surface area contributed by atoms with Gasteiger partial charge >= 0.3 is 0 Å². The molecule has 0 heterocycles. The van der Waals surface area contributed by atoms with Crippen LogP contribution in [0.4, 0.5) is 0 Å². The van der Waals surface area contributed by atoms with Crippen molar-refractivity contribution in [2.45, 2.75) is 19.9 Å². The molecule has 1 N–H and O–H groups in total. The summed E-state index contributed by atoms with van der Waals surface area (Å²) < 4.78 is 4.80. The Balaban J connectivity index is 3.27. The molecule has 0 saturated carbocycles. The van der Waals surface area contributed by atoms with Gasteiger partial charge in [-0.3, -0.25) is 0 Å². The van der Waals surface area contributed by atoms with E-state index >= 15 is 0 Å². The van der Waals surface area contributed by atoms with Crippen molar-refractivity contribution in [3.8, 4) is 0 Å². The summed E-state index contributed by atoms with van der Waals surface area (Å²) in [5.74, 6) is 0. The predicted molar refractivity (Wildman–Crippen MR) is 42.7 cm³/mol. The monoisotopic (exact) mass is 147 g/mol. The van der Waals surface area contributed by atoms with Crippen molar-refractivity contribution in [1.82, 2.24) is 5.32 Å². The molecule has 0 fully saturated rings. The molecule has 3 heteroatoms. The average molecular weight is 147 g/mol. The van der Waals surface area contributed by atoms with E-state index in [0.717, 1.165) is 4.99 Å². The minimum absolute atomic E-state index is 0.410. The molecule has 0 atom stereocenters. The van der Waals surface area contributed by atoms with Crippen molar-refractivity contribution in [2.24, 2.45) is 0 Å². The third-order valence-corrected chi connectivity index (χ3v) is 0.961. The highest BCUT2D eigenvalue weighted by Crippen LogP contribution is 1.79. The maximum absolute atomic E-state index is 4.89. The number of ether oxygens (including phenoxy) is 1. The molecule has 0 amide bonds. The lowest BCUT2D eigenvalue weighted by atomic mass is 10.4. The first-order chi connectivity index (χ1) is 4.16. The van der Waals surface area contributed by atoms with Gasteiger partial charge in [0.2, 0.25) is 0 Å². The summed E-state index contributed by atoms with van der Waals surface area (Å²) in [6, 6.07) is 0.410. The molecular weight excluding hydrogens is 134 g/mol. The zero-order valence-electron chi connectivity index (χ0n) is 6.10. The highest BCUT2D eigenvalue weighted by atomic mass is 32.1. The van der Waals surface area contributed by atoms with Gasteiger partial charge in [0.1, 0.15) is 4.99 Å². The third-order valence-electron chi connectivity index (χ3n) is 0.725. The molecule has 0 spiro atoms. The van der Waals surface area contributed by atoms with Crippen LogP contribution >= 0.6 is 12.2 Å². The van der Waals surface area contributed by atoms with E-state index < -0.39 is 0 Å². The normalized spacial score (nSPS) is 9.78. The molecule has 0 unspecified atom stereocenters. The average Bonchev–Trinajstić information content (AvgIpc) is 1.63. The van der Waals surface area contributed by atoms with Crippen LogP contribution in [0, 0.1) is 0 Å². The molecule has 0 aromatic carbocycles. The van der Waals surface area contributed by atoms with Crippen molar-refractivity contribution in [1.29, 1.82) is 0 Å². The van der Waals surface area contributed by atoms with Crippen molar-refractivity contribution >= 4 is 17.2 Å². The van der Waals surface area contributed by atoms with Crippen LogP contribution in [0.15, 0.2) is 0 Å². The summed E-state index contributed by atoms with van der Waals surface area (Å²) in [5.41, 5.74) is 0. The minimum Gasteiger partial charge on any atom is -0.378 e. The molecule has 0 aromatic heterocycles. The summed E-state index contributed by atoms with van der Waals surface area (Å²) in [7, 11) is 1.63. The molecule has 0 aromatic rings. The van der Waals surface area contributed by atoms with Crippen molar-refractivity contribution in [3.05, 3.63) is 0 Å². The first-order valence-electron chi connectivity index (χ1n) is 2.95. The topological polar surface area (TPSA) is 21.3 Å². The van der Waals surface area contributed by atoms with Gasteiger partial charge in [-0.2, -0.15) is 0 Å². The van der Waals surface area contributed by atoms with E-state index in [1.807, 2.05) is 13.8 Å². The van der Waals surface area contributed by atoms with Crippen LogP contribution in [0.25, 0.3) is 0 Å². The molecular formula is C6H13NOS. The van der Waals surface area contributed by atoms with Crippen LogP contribution in [-0.2, 0) is 4.74 Å². The number of nitrogens with one attached hydrogen (secondary N) is 1. The first-order valence-corrected chi connectivity index (χ1v) is 3.36. The number of thiocarbonyl (C=S) groups is 1. The maximum Gasteiger partial charge on any atom is 0.102 e. The Kier molecular flexibility index (Phi) is 4.62. The van der Waals surface area contributed by atoms with Crippen LogP contribution in [0.1, 0.15) is 13.8 Å². The number of hydrogen-bond acceptors (Lipinski definition) is 2. The lowest BCUT2D eigenvalue weighted by Gasteiger charge is -2.09. The lowest BCUT2D eigenvalue weighted by molar-refractivity contribution is 0.244. The highest BCUT2D eigenvalue weighted by molar-refractivity contribution is 7.80. The Morgan fingerprint density at radius 1 is 1.67 bits per heavy atom. The van der Waals surface area contributed by atoms with Gasteiger partial charge < -0.3 is 10.1 Å². The molecule has 0 aliphatic heterocycles. The fraction of sp³-hybridized carbons (Fsp3) is 0.833. The fourth-order valence-electron chi connectivity index (χ4n) is 0.495. The summed E-state index contributed by atoms with van der Waals surface area (Å²) >= 11 is 4.89. The second-order valence-corrected chi connectivity index (χ2v) is 2.65. The minimum atomic E-state index is 0.410. The van der Waals surface area contributed by atoms with Crippen LogP contribution in [-0.4, -0.2) is 24.7 Å². The van der Waals surface area contributed by atoms with Crippen molar-refractivity contribution < 1.29 is 4.74 Å². The lowest BCUT2D eigenvalue weighted by Crippen LogP contribution is -2.31. The van der Waals surface area contributed by atoms with Gasteiger partial charge in [-0.25, -0.2) is 0 Å². The summed E-state index contributed by atoms with van der Waals surface area (Å²) in [5, 5.41) is 3.05. The van der Waals surface area contributed by atoms with Crippen LogP contribution in [0.2, 0.25) is 0 Å². The summed E-state index contributed by atoms with van der Waals surface area (Å²) in [6.45, 7) is 4.61. The Bertz CT molecular complexity index is 93.1. The van der Waals surface area contributed by atoms with Crippen LogP contribution in [0.5, 0.6) is 0 Å². The van der Waals surface area contributed by atoms with E-state index in [1.54, 1.807) is 7.11 Å². The van der Waals surface area contributed by atoms with Gasteiger partial charge in [0.25, 0.3) is 0 Å². The van der Waals surface area contributed by atoms with Gasteiger partial charge in [0, 0.05) is 13.2 Å². The molecule has 54 valence electrons. The van der Waals surface area contributed by atoms with Gasteiger partial charge in [-0.1, -0.05) is 12.2 Å². The second-order valence-electron chi connectivity index (χ2n) is 2.16. The third kappa shape index (κ3) is 5.73. The van der Waals surface area contributed by atoms with E-state index in [0.29, 0.717) is 12.6 Å². The van der Waals surface area contributed by atoms with Gasteiger partial charge in [-0.15, -0.1) is 0 Å². The highest BCUT2D eigenvalue weighted by Gasteiger charge is 1.95. The number of rotatable bonds is 3. The van der Waals surface area contributed by atoms with Crippen molar-refractivity contribution in [2.75, 3.05) is 13.7 Å². The molecule has 0 saturated heterocycles. The maximum atomic E-state index is 4.89. The molecule has 0 rings (SSSR count). The van der Waals surface area contributed by atoms with E-state index in [1.165, 1.54) is 0 Å².